The average molecular weight is 184 g/mol. The van der Waals surface area contributed by atoms with Gasteiger partial charge in [-0.1, -0.05) is 36.5 Å². The molecule has 1 aliphatic carbocycles. The topological polar surface area (TPSA) is 24.9 Å². The van der Waals surface area contributed by atoms with Crippen LogP contribution in [0.5, 0.6) is 0 Å². The second kappa shape index (κ2) is 4.42. The summed E-state index contributed by atoms with van der Waals surface area (Å²) in [6.45, 7) is 0. The third kappa shape index (κ3) is 2.33. The zero-order chi connectivity index (χ0) is 9.64. The van der Waals surface area contributed by atoms with Crippen LogP contribution in [0.25, 0.3) is 0 Å². The highest BCUT2D eigenvalue weighted by Crippen LogP contribution is 2.08. The molecule has 0 aromatic carbocycles. The number of nitrogens with one attached hydrogen (secondary N) is 1. The first-order valence-electron chi connectivity index (χ1n) is 4.63. The van der Waals surface area contributed by atoms with E-state index in [4.69, 9.17) is 0 Å². The average Bonchev–Trinajstić information content (AvgIpc) is 2.48. The molecule has 0 amide bonds. The van der Waals surface area contributed by atoms with Gasteiger partial charge in [0.05, 0.1) is 6.04 Å². The molecule has 0 saturated heterocycles. The van der Waals surface area contributed by atoms with Crippen LogP contribution in [0.2, 0.25) is 0 Å². The Kier molecular flexibility index (Phi) is 2.76. The van der Waals surface area contributed by atoms with Crippen LogP contribution in [-0.2, 0) is 0 Å². The molecule has 1 heterocycles. The van der Waals surface area contributed by atoms with Crippen LogP contribution in [0.4, 0.5) is 5.69 Å². The van der Waals surface area contributed by atoms with Crippen LogP contribution in [0.1, 0.15) is 0 Å². The highest BCUT2D eigenvalue weighted by molar-refractivity contribution is 5.45. The first-order valence-corrected chi connectivity index (χ1v) is 4.63. The fraction of sp³-hybridized carbons (Fsp3) is 0.0833. The Hall–Kier alpha value is -1.83. The lowest BCUT2D eigenvalue weighted by Crippen LogP contribution is -2.12. The zero-order valence-corrected chi connectivity index (χ0v) is 7.80. The van der Waals surface area contributed by atoms with E-state index in [2.05, 4.69) is 22.5 Å². The molecule has 1 N–H and O–H groups in total. The Labute approximate surface area is 83.7 Å². The quantitative estimate of drug-likeness (QED) is 0.764. The summed E-state index contributed by atoms with van der Waals surface area (Å²) < 4.78 is 0. The molecule has 1 aliphatic rings. The van der Waals surface area contributed by atoms with Crippen molar-refractivity contribution in [2.45, 2.75) is 6.04 Å². The van der Waals surface area contributed by atoms with Gasteiger partial charge in [-0.25, -0.2) is 0 Å². The number of aromatic nitrogens is 1. The van der Waals surface area contributed by atoms with Crippen LogP contribution >= 0.6 is 0 Å². The van der Waals surface area contributed by atoms with Gasteiger partial charge in [-0.15, -0.1) is 0 Å². The Balaban J connectivity index is 2.05. The van der Waals surface area contributed by atoms with Crippen molar-refractivity contribution in [2.24, 2.45) is 0 Å². The van der Waals surface area contributed by atoms with E-state index in [1.54, 1.807) is 12.4 Å². The lowest BCUT2D eigenvalue weighted by molar-refractivity contribution is 1.11. The predicted molar refractivity (Wildman–Crippen MR) is 59.1 cm³/mol. The normalized spacial score (nSPS) is 15.4. The SMILES string of the molecule is C1=CC=CC(Nc2ccncc2)C=C1. The van der Waals surface area contributed by atoms with Gasteiger partial charge in [0.2, 0.25) is 0 Å². The molecule has 0 unspecified atom stereocenters. The molecule has 14 heavy (non-hydrogen) atoms. The summed E-state index contributed by atoms with van der Waals surface area (Å²) in [6, 6.07) is 4.17. The van der Waals surface area contributed by atoms with Crippen molar-refractivity contribution in [1.29, 1.82) is 0 Å². The minimum atomic E-state index is 0.257. The second-order valence-electron chi connectivity index (χ2n) is 3.06. The lowest BCUT2D eigenvalue weighted by Gasteiger charge is -2.11. The van der Waals surface area contributed by atoms with E-state index in [9.17, 15) is 0 Å². The van der Waals surface area contributed by atoms with E-state index in [1.165, 1.54) is 0 Å². The Bertz CT molecular complexity index is 347. The van der Waals surface area contributed by atoms with Gasteiger partial charge in [0, 0.05) is 18.1 Å². The van der Waals surface area contributed by atoms with E-state index >= 15 is 0 Å². The van der Waals surface area contributed by atoms with Crippen LogP contribution in [0, 0.1) is 0 Å². The summed E-state index contributed by atoms with van der Waals surface area (Å²) >= 11 is 0. The van der Waals surface area contributed by atoms with Crippen molar-refractivity contribution in [1.82, 2.24) is 4.98 Å². The molecular formula is C12H12N2. The van der Waals surface area contributed by atoms with Gasteiger partial charge in [-0.3, -0.25) is 4.98 Å². The van der Waals surface area contributed by atoms with E-state index < -0.39 is 0 Å². The van der Waals surface area contributed by atoms with E-state index in [0.717, 1.165) is 5.69 Å². The summed E-state index contributed by atoms with van der Waals surface area (Å²) in [4.78, 5) is 3.97. The van der Waals surface area contributed by atoms with Gasteiger partial charge in [0.25, 0.3) is 0 Å². The molecule has 0 aliphatic heterocycles. The molecular weight excluding hydrogens is 172 g/mol. The van der Waals surface area contributed by atoms with E-state index in [1.807, 2.05) is 36.4 Å². The molecule has 0 atom stereocenters. The zero-order valence-electron chi connectivity index (χ0n) is 7.80. The molecule has 2 rings (SSSR count). The highest BCUT2D eigenvalue weighted by atomic mass is 14.9. The number of hydrogen-bond donors (Lipinski definition) is 1. The second-order valence-corrected chi connectivity index (χ2v) is 3.06. The standard InChI is InChI=1S/C12H12N2/c1-2-4-6-11(5-3-1)14-12-7-9-13-10-8-12/h1-11H,(H,13,14). The maximum absolute atomic E-state index is 3.97. The van der Waals surface area contributed by atoms with Gasteiger partial charge in [-0.05, 0) is 12.1 Å². The van der Waals surface area contributed by atoms with E-state index in [-0.39, 0.29) is 6.04 Å². The molecule has 0 radical (unpaired) electrons. The smallest absolute Gasteiger partial charge is 0.0634 e. The Morgan fingerprint density at radius 3 is 2.21 bits per heavy atom. The molecule has 1 aromatic rings. The van der Waals surface area contributed by atoms with Gasteiger partial charge >= 0.3 is 0 Å². The van der Waals surface area contributed by atoms with Gasteiger partial charge in [0.15, 0.2) is 0 Å². The van der Waals surface area contributed by atoms with E-state index in [0.29, 0.717) is 0 Å². The van der Waals surface area contributed by atoms with Crippen molar-refractivity contribution in [2.75, 3.05) is 5.32 Å². The predicted octanol–water partition coefficient (Wildman–Crippen LogP) is 2.54. The molecule has 1 aromatic heterocycles. The number of nitrogens with zero attached hydrogens (tertiary/aromatic N) is 1. The van der Waals surface area contributed by atoms with Crippen LogP contribution in [0.3, 0.4) is 0 Å². The maximum Gasteiger partial charge on any atom is 0.0634 e. The molecule has 0 saturated carbocycles. The summed E-state index contributed by atoms with van der Waals surface area (Å²) in [5, 5.41) is 3.37. The van der Waals surface area contributed by atoms with Crippen LogP contribution < -0.4 is 5.32 Å². The number of rotatable bonds is 2. The number of hydrogen-bond acceptors (Lipinski definition) is 2. The van der Waals surface area contributed by atoms with Crippen molar-refractivity contribution < 1.29 is 0 Å². The van der Waals surface area contributed by atoms with Crippen LogP contribution in [0.15, 0.2) is 61.0 Å². The third-order valence-electron chi connectivity index (χ3n) is 1.98. The Morgan fingerprint density at radius 2 is 1.57 bits per heavy atom. The van der Waals surface area contributed by atoms with Gasteiger partial charge in [0.1, 0.15) is 0 Å². The summed E-state index contributed by atoms with van der Waals surface area (Å²) in [7, 11) is 0. The summed E-state index contributed by atoms with van der Waals surface area (Å²) in [6.07, 6.45) is 15.9. The number of allylic oxidation sites excluding steroid dienone is 4. The summed E-state index contributed by atoms with van der Waals surface area (Å²) in [5.74, 6) is 0. The maximum atomic E-state index is 3.97. The Morgan fingerprint density at radius 1 is 0.929 bits per heavy atom. The number of pyridine rings is 1. The molecule has 2 nitrogen and oxygen atoms in total. The van der Waals surface area contributed by atoms with Crippen LogP contribution in [-0.4, -0.2) is 11.0 Å². The molecule has 70 valence electrons. The van der Waals surface area contributed by atoms with Crippen molar-refractivity contribution >= 4 is 5.69 Å². The molecule has 2 heteroatoms. The van der Waals surface area contributed by atoms with Crippen molar-refractivity contribution in [3.63, 3.8) is 0 Å². The molecule has 0 bridgehead atoms. The minimum absolute atomic E-state index is 0.257. The third-order valence-corrected chi connectivity index (χ3v) is 1.98. The summed E-state index contributed by atoms with van der Waals surface area (Å²) in [5.41, 5.74) is 1.08. The molecule has 0 spiro atoms. The highest BCUT2D eigenvalue weighted by Gasteiger charge is 1.99. The minimum Gasteiger partial charge on any atom is -0.375 e. The fourth-order valence-corrected chi connectivity index (χ4v) is 1.30. The largest absolute Gasteiger partial charge is 0.375 e. The lowest BCUT2D eigenvalue weighted by atomic mass is 10.2. The first-order chi connectivity index (χ1) is 6.95. The van der Waals surface area contributed by atoms with Crippen molar-refractivity contribution in [3.8, 4) is 0 Å². The van der Waals surface area contributed by atoms with Gasteiger partial charge < -0.3 is 5.32 Å². The molecule has 0 fully saturated rings. The monoisotopic (exact) mass is 184 g/mol. The van der Waals surface area contributed by atoms with Gasteiger partial charge in [-0.2, -0.15) is 0 Å². The fourth-order valence-electron chi connectivity index (χ4n) is 1.30. The van der Waals surface area contributed by atoms with Crippen molar-refractivity contribution in [3.05, 3.63) is 61.0 Å². The number of anilines is 1. The first kappa shape index (κ1) is 8.75.